The van der Waals surface area contributed by atoms with Crippen molar-refractivity contribution < 1.29 is 17.7 Å². The number of rotatable bonds is 5. The molecule has 2 atom stereocenters. The van der Waals surface area contributed by atoms with Gasteiger partial charge in [-0.1, -0.05) is 60.7 Å². The van der Waals surface area contributed by atoms with E-state index in [1.807, 2.05) is 65.6 Å². The smallest absolute Gasteiger partial charge is 0.266 e. The summed E-state index contributed by atoms with van der Waals surface area (Å²) in [5, 5.41) is 9.95. The number of likely N-dealkylation sites (tertiary alicyclic amines) is 1. The normalized spacial score (nSPS) is 22.0. The number of β-amino-alcohol motifs (C(OH)–C–C–N with tert-alkyl or cyclic N) is 1. The van der Waals surface area contributed by atoms with E-state index >= 15 is 0 Å². The second-order valence-corrected chi connectivity index (χ2v) is 7.28. The average Bonchev–Trinajstić information content (AvgIpc) is 2.54. The Bertz CT molecular complexity index is 709. The van der Waals surface area contributed by atoms with E-state index in [-0.39, 0.29) is 6.04 Å². The molecule has 0 radical (unpaired) electrons. The molecule has 0 amide bonds. The topological polar surface area (TPSA) is 66.8 Å². The fraction of sp³-hybridized carbons (Fsp3) is 0.294. The third-order valence-electron chi connectivity index (χ3n) is 3.89. The van der Waals surface area contributed by atoms with Crippen LogP contribution in [0, 0.1) is 0 Å². The first-order valence-electron chi connectivity index (χ1n) is 7.38. The van der Waals surface area contributed by atoms with Gasteiger partial charge in [-0.25, -0.2) is 4.18 Å². The average molecular weight is 333 g/mol. The Morgan fingerprint density at radius 3 is 1.91 bits per heavy atom. The van der Waals surface area contributed by atoms with Crippen molar-refractivity contribution in [3.8, 4) is 0 Å². The van der Waals surface area contributed by atoms with Crippen molar-refractivity contribution in [1.29, 1.82) is 0 Å². The minimum atomic E-state index is -3.65. The van der Waals surface area contributed by atoms with Gasteiger partial charge in [0.15, 0.2) is 6.23 Å². The minimum absolute atomic E-state index is 0.174. The van der Waals surface area contributed by atoms with Gasteiger partial charge in [-0.2, -0.15) is 8.42 Å². The number of benzene rings is 2. The van der Waals surface area contributed by atoms with Gasteiger partial charge in [0, 0.05) is 6.54 Å². The van der Waals surface area contributed by atoms with E-state index in [0.717, 1.165) is 17.4 Å². The van der Waals surface area contributed by atoms with Crippen molar-refractivity contribution in [1.82, 2.24) is 4.90 Å². The van der Waals surface area contributed by atoms with Gasteiger partial charge in [0.1, 0.15) is 6.10 Å². The Kier molecular flexibility index (Phi) is 4.50. The van der Waals surface area contributed by atoms with Gasteiger partial charge in [-0.05, 0) is 11.1 Å². The minimum Gasteiger partial charge on any atom is -0.388 e. The molecular formula is C17H19NO4S. The Morgan fingerprint density at radius 1 is 1.04 bits per heavy atom. The van der Waals surface area contributed by atoms with Crippen molar-refractivity contribution in [2.45, 2.75) is 18.4 Å². The molecule has 3 rings (SSSR count). The summed E-state index contributed by atoms with van der Waals surface area (Å²) in [4.78, 5) is 1.86. The third kappa shape index (κ3) is 3.61. The van der Waals surface area contributed by atoms with E-state index in [0.29, 0.717) is 6.54 Å². The van der Waals surface area contributed by atoms with Crippen LogP contribution in [0.4, 0.5) is 0 Å². The van der Waals surface area contributed by atoms with Gasteiger partial charge in [-0.15, -0.1) is 0 Å². The number of hydrogen-bond acceptors (Lipinski definition) is 5. The van der Waals surface area contributed by atoms with E-state index in [2.05, 4.69) is 0 Å². The number of hydrogen-bond donors (Lipinski definition) is 1. The lowest BCUT2D eigenvalue weighted by Crippen LogP contribution is -2.62. The molecule has 0 aliphatic carbocycles. The molecule has 6 heteroatoms. The van der Waals surface area contributed by atoms with Crippen LogP contribution in [0.3, 0.4) is 0 Å². The van der Waals surface area contributed by atoms with Crippen LogP contribution in [0.5, 0.6) is 0 Å². The summed E-state index contributed by atoms with van der Waals surface area (Å²) >= 11 is 0. The van der Waals surface area contributed by atoms with Gasteiger partial charge in [0.25, 0.3) is 10.1 Å². The highest BCUT2D eigenvalue weighted by Crippen LogP contribution is 2.36. The molecule has 2 aromatic carbocycles. The van der Waals surface area contributed by atoms with Crippen LogP contribution in [0.25, 0.3) is 0 Å². The molecule has 1 N–H and O–H groups in total. The summed E-state index contributed by atoms with van der Waals surface area (Å²) in [6.07, 6.45) is -0.689. The molecule has 0 bridgehead atoms. The summed E-state index contributed by atoms with van der Waals surface area (Å²) in [5.41, 5.74) is 2.04. The summed E-state index contributed by atoms with van der Waals surface area (Å²) in [7, 11) is -3.65. The van der Waals surface area contributed by atoms with E-state index in [1.165, 1.54) is 0 Å². The molecule has 1 fully saturated rings. The quantitative estimate of drug-likeness (QED) is 0.845. The highest BCUT2D eigenvalue weighted by atomic mass is 32.2. The van der Waals surface area contributed by atoms with Crippen LogP contribution in [0.15, 0.2) is 60.7 Å². The Labute approximate surface area is 136 Å². The zero-order valence-corrected chi connectivity index (χ0v) is 13.6. The monoisotopic (exact) mass is 333 g/mol. The van der Waals surface area contributed by atoms with Crippen molar-refractivity contribution in [3.63, 3.8) is 0 Å². The molecule has 2 aromatic rings. The van der Waals surface area contributed by atoms with Crippen LogP contribution >= 0.6 is 0 Å². The van der Waals surface area contributed by atoms with Crippen molar-refractivity contribution in [2.24, 2.45) is 0 Å². The molecule has 122 valence electrons. The summed E-state index contributed by atoms with van der Waals surface area (Å²) in [6, 6.07) is 19.4. The number of nitrogens with zero attached hydrogens (tertiary/aromatic N) is 1. The van der Waals surface area contributed by atoms with Gasteiger partial charge in [0.05, 0.1) is 12.3 Å². The van der Waals surface area contributed by atoms with Crippen LogP contribution in [-0.2, 0) is 14.3 Å². The van der Waals surface area contributed by atoms with E-state index in [4.69, 9.17) is 4.18 Å². The molecule has 23 heavy (non-hydrogen) atoms. The van der Waals surface area contributed by atoms with Crippen LogP contribution < -0.4 is 0 Å². The highest BCUT2D eigenvalue weighted by Gasteiger charge is 2.45. The lowest BCUT2D eigenvalue weighted by Gasteiger charge is -2.48. The van der Waals surface area contributed by atoms with Gasteiger partial charge >= 0.3 is 0 Å². The molecule has 1 heterocycles. The third-order valence-corrected chi connectivity index (χ3v) is 4.44. The molecule has 1 aliphatic heterocycles. The number of aliphatic hydroxyl groups is 1. The van der Waals surface area contributed by atoms with E-state index in [1.54, 1.807) is 0 Å². The molecule has 0 aromatic heterocycles. The SMILES string of the molecule is CS(=O)(=O)OC1C(O)CN1C(c1ccccc1)c1ccccc1. The fourth-order valence-corrected chi connectivity index (χ4v) is 3.49. The molecule has 2 unspecified atom stereocenters. The zero-order chi connectivity index (χ0) is 16.4. The predicted octanol–water partition coefficient (Wildman–Crippen LogP) is 1.75. The summed E-state index contributed by atoms with van der Waals surface area (Å²) in [6.45, 7) is 0.356. The first-order chi connectivity index (χ1) is 11.0. The second kappa shape index (κ2) is 6.41. The molecule has 5 nitrogen and oxygen atoms in total. The lowest BCUT2D eigenvalue weighted by atomic mass is 9.93. The molecule has 1 aliphatic rings. The highest BCUT2D eigenvalue weighted by molar-refractivity contribution is 7.86. The Balaban J connectivity index is 1.96. The lowest BCUT2D eigenvalue weighted by molar-refractivity contribution is -0.166. The fourth-order valence-electron chi connectivity index (χ4n) is 2.89. The van der Waals surface area contributed by atoms with Crippen molar-refractivity contribution in [2.75, 3.05) is 12.8 Å². The van der Waals surface area contributed by atoms with E-state index < -0.39 is 22.4 Å². The van der Waals surface area contributed by atoms with Crippen LogP contribution in [0.1, 0.15) is 17.2 Å². The maximum atomic E-state index is 11.5. The Hall–Kier alpha value is -1.73. The summed E-state index contributed by atoms with van der Waals surface area (Å²) < 4.78 is 28.0. The second-order valence-electron chi connectivity index (χ2n) is 5.68. The maximum Gasteiger partial charge on any atom is 0.266 e. The van der Waals surface area contributed by atoms with Gasteiger partial charge in [0.2, 0.25) is 0 Å². The first-order valence-corrected chi connectivity index (χ1v) is 9.19. The zero-order valence-electron chi connectivity index (χ0n) is 12.7. The molecule has 0 saturated carbocycles. The Morgan fingerprint density at radius 2 is 1.52 bits per heavy atom. The van der Waals surface area contributed by atoms with Crippen molar-refractivity contribution in [3.05, 3.63) is 71.8 Å². The van der Waals surface area contributed by atoms with Gasteiger partial charge < -0.3 is 5.11 Å². The van der Waals surface area contributed by atoms with Crippen LogP contribution in [-0.4, -0.2) is 43.6 Å². The maximum absolute atomic E-state index is 11.5. The number of aliphatic hydroxyl groups excluding tert-OH is 1. The van der Waals surface area contributed by atoms with Crippen molar-refractivity contribution >= 4 is 10.1 Å². The predicted molar refractivity (Wildman–Crippen MR) is 87.2 cm³/mol. The molecule has 0 spiro atoms. The molecular weight excluding hydrogens is 314 g/mol. The summed E-state index contributed by atoms with van der Waals surface area (Å²) in [5.74, 6) is 0. The van der Waals surface area contributed by atoms with Gasteiger partial charge in [-0.3, -0.25) is 4.90 Å². The largest absolute Gasteiger partial charge is 0.388 e. The molecule has 1 saturated heterocycles. The first kappa shape index (κ1) is 16.1. The standard InChI is InChI=1S/C17H19NO4S/c1-23(20,21)22-17-15(19)12-18(17)16(13-8-4-2-5-9-13)14-10-6-3-7-11-14/h2-11,15-17,19H,12H2,1H3. The van der Waals surface area contributed by atoms with E-state index in [9.17, 15) is 13.5 Å². The van der Waals surface area contributed by atoms with Crippen LogP contribution in [0.2, 0.25) is 0 Å².